The van der Waals surface area contributed by atoms with Gasteiger partial charge in [-0.05, 0) is 30.7 Å². The number of amidine groups is 1. The Morgan fingerprint density at radius 2 is 1.59 bits per heavy atom. The van der Waals surface area contributed by atoms with E-state index in [-0.39, 0.29) is 0 Å². The molecule has 0 saturated heterocycles. The molecule has 5 nitrogen and oxygen atoms in total. The maximum atomic E-state index is 5.06. The molecule has 0 atom stereocenters. The number of para-hydroxylation sites is 1. The first-order valence-corrected chi connectivity index (χ1v) is 9.86. The Labute approximate surface area is 169 Å². The number of benzene rings is 2. The lowest BCUT2D eigenvalue weighted by Crippen LogP contribution is -2.30. The Morgan fingerprint density at radius 1 is 0.828 bits per heavy atom. The van der Waals surface area contributed by atoms with Crippen LogP contribution in [0.5, 0.6) is 0 Å². The maximum Gasteiger partial charge on any atom is 0.132 e. The van der Waals surface area contributed by atoms with Crippen molar-refractivity contribution in [1.82, 2.24) is 20.1 Å². The largest absolute Gasteiger partial charge is 0.370 e. The first kappa shape index (κ1) is 17.4. The van der Waals surface area contributed by atoms with Gasteiger partial charge in [0.15, 0.2) is 0 Å². The highest BCUT2D eigenvalue weighted by Gasteiger charge is 2.26. The summed E-state index contributed by atoms with van der Waals surface area (Å²) in [6, 6.07) is 26.4. The Kier molecular flexibility index (Phi) is 4.62. The number of aliphatic imine (C=N–C) groups is 1. The van der Waals surface area contributed by atoms with Crippen LogP contribution in [0.4, 0.5) is 0 Å². The third-order valence-corrected chi connectivity index (χ3v) is 4.97. The first-order chi connectivity index (χ1) is 14.4. The summed E-state index contributed by atoms with van der Waals surface area (Å²) in [5.41, 5.74) is 5.78. The highest BCUT2D eigenvalue weighted by Crippen LogP contribution is 2.34. The van der Waals surface area contributed by atoms with Crippen molar-refractivity contribution in [2.75, 3.05) is 13.1 Å². The molecule has 2 aromatic carbocycles. The van der Waals surface area contributed by atoms with Crippen LogP contribution in [0.3, 0.4) is 0 Å². The summed E-state index contributed by atoms with van der Waals surface area (Å²) in [4.78, 5) is 9.46. The molecule has 2 aromatic heterocycles. The zero-order valence-electron chi connectivity index (χ0n) is 16.0. The van der Waals surface area contributed by atoms with E-state index in [0.29, 0.717) is 0 Å². The summed E-state index contributed by atoms with van der Waals surface area (Å²) >= 11 is 0. The molecule has 0 spiro atoms. The minimum atomic E-state index is 0.814. The molecule has 4 aromatic rings. The van der Waals surface area contributed by atoms with E-state index in [2.05, 4.69) is 34.6 Å². The number of nitrogens with zero attached hydrogens (tertiary/aromatic N) is 4. The SMILES string of the molecule is c1ccc(-c2nn(-c3ccccc3)c(-c3ccccn3)c2C2=NCCCN2)cc1. The standard InChI is InChI=1S/C24H21N5/c1-3-10-18(11-4-1)22-21(24-26-16-9-17-27-24)23(20-14-7-8-15-25-20)29(28-22)19-12-5-2-6-13-19/h1-8,10-15H,9,16-17H2,(H,26,27). The van der Waals surface area contributed by atoms with Gasteiger partial charge in [-0.1, -0.05) is 54.6 Å². The highest BCUT2D eigenvalue weighted by atomic mass is 15.3. The number of rotatable bonds is 4. The van der Waals surface area contributed by atoms with Crippen molar-refractivity contribution in [3.8, 4) is 28.3 Å². The van der Waals surface area contributed by atoms with Crippen LogP contribution in [0.25, 0.3) is 28.3 Å². The van der Waals surface area contributed by atoms with Crippen molar-refractivity contribution in [1.29, 1.82) is 0 Å². The van der Waals surface area contributed by atoms with E-state index in [9.17, 15) is 0 Å². The van der Waals surface area contributed by atoms with E-state index in [1.165, 1.54) is 0 Å². The van der Waals surface area contributed by atoms with Gasteiger partial charge in [-0.3, -0.25) is 9.98 Å². The molecule has 5 heteroatoms. The van der Waals surface area contributed by atoms with E-state index >= 15 is 0 Å². The van der Waals surface area contributed by atoms with Gasteiger partial charge in [0.25, 0.3) is 0 Å². The van der Waals surface area contributed by atoms with Crippen LogP contribution in [0.2, 0.25) is 0 Å². The Bertz CT molecular complexity index is 1130. The van der Waals surface area contributed by atoms with Gasteiger partial charge in [0.05, 0.1) is 16.9 Å². The van der Waals surface area contributed by atoms with Crippen LogP contribution in [0.15, 0.2) is 90.1 Å². The second kappa shape index (κ2) is 7.72. The van der Waals surface area contributed by atoms with Crippen molar-refractivity contribution < 1.29 is 0 Å². The molecule has 142 valence electrons. The monoisotopic (exact) mass is 379 g/mol. The van der Waals surface area contributed by atoms with E-state index < -0.39 is 0 Å². The highest BCUT2D eigenvalue weighted by molar-refractivity contribution is 6.09. The Morgan fingerprint density at radius 3 is 2.28 bits per heavy atom. The summed E-state index contributed by atoms with van der Waals surface area (Å²) in [6.07, 6.45) is 2.86. The first-order valence-electron chi connectivity index (χ1n) is 9.86. The number of aromatic nitrogens is 3. The van der Waals surface area contributed by atoms with Gasteiger partial charge < -0.3 is 5.32 Å². The number of hydrogen-bond donors (Lipinski definition) is 1. The van der Waals surface area contributed by atoms with Crippen molar-refractivity contribution in [3.05, 3.63) is 90.6 Å². The molecule has 0 fully saturated rings. The Hall–Kier alpha value is -3.73. The molecule has 3 heterocycles. The molecule has 1 N–H and O–H groups in total. The zero-order valence-corrected chi connectivity index (χ0v) is 16.0. The minimum absolute atomic E-state index is 0.814. The normalized spacial score (nSPS) is 13.6. The summed E-state index contributed by atoms with van der Waals surface area (Å²) in [5, 5.41) is 8.55. The molecule has 5 rings (SSSR count). The average Bonchev–Trinajstić information content (AvgIpc) is 3.22. The molecule has 1 aliphatic heterocycles. The predicted molar refractivity (Wildman–Crippen MR) is 116 cm³/mol. The van der Waals surface area contributed by atoms with Gasteiger partial charge in [-0.15, -0.1) is 0 Å². The summed E-state index contributed by atoms with van der Waals surface area (Å²) in [5.74, 6) is 0.887. The van der Waals surface area contributed by atoms with Gasteiger partial charge in [-0.2, -0.15) is 5.10 Å². The minimum Gasteiger partial charge on any atom is -0.370 e. The smallest absolute Gasteiger partial charge is 0.132 e. The lowest BCUT2D eigenvalue weighted by atomic mass is 10.0. The lowest BCUT2D eigenvalue weighted by Gasteiger charge is -2.16. The molecule has 0 aliphatic carbocycles. The van der Waals surface area contributed by atoms with Crippen molar-refractivity contribution in [2.24, 2.45) is 4.99 Å². The molecule has 29 heavy (non-hydrogen) atoms. The number of pyridine rings is 1. The molecular formula is C24H21N5. The predicted octanol–water partition coefficient (Wildman–Crippen LogP) is 4.34. The van der Waals surface area contributed by atoms with Crippen LogP contribution < -0.4 is 5.32 Å². The van der Waals surface area contributed by atoms with Crippen molar-refractivity contribution in [3.63, 3.8) is 0 Å². The Balaban J connectivity index is 1.84. The van der Waals surface area contributed by atoms with Gasteiger partial charge in [0, 0.05) is 24.8 Å². The van der Waals surface area contributed by atoms with Crippen molar-refractivity contribution in [2.45, 2.75) is 6.42 Å². The fourth-order valence-electron chi connectivity index (χ4n) is 3.64. The molecule has 0 amide bonds. The molecule has 0 radical (unpaired) electrons. The molecular weight excluding hydrogens is 358 g/mol. The van der Waals surface area contributed by atoms with E-state index in [0.717, 1.165) is 59.2 Å². The third-order valence-electron chi connectivity index (χ3n) is 4.97. The van der Waals surface area contributed by atoms with Crippen LogP contribution in [0, 0.1) is 0 Å². The second-order valence-electron chi connectivity index (χ2n) is 6.91. The topological polar surface area (TPSA) is 55.1 Å². The molecule has 1 aliphatic rings. The van der Waals surface area contributed by atoms with Crippen molar-refractivity contribution >= 4 is 5.84 Å². The van der Waals surface area contributed by atoms with Gasteiger partial charge in [0.1, 0.15) is 17.2 Å². The van der Waals surface area contributed by atoms with Gasteiger partial charge in [-0.25, -0.2) is 4.68 Å². The fraction of sp³-hybridized carbons (Fsp3) is 0.125. The quantitative estimate of drug-likeness (QED) is 0.574. The molecule has 0 saturated carbocycles. The maximum absolute atomic E-state index is 5.06. The van der Waals surface area contributed by atoms with E-state index in [4.69, 9.17) is 10.1 Å². The average molecular weight is 379 g/mol. The van der Waals surface area contributed by atoms with E-state index in [1.807, 2.05) is 65.5 Å². The van der Waals surface area contributed by atoms with Gasteiger partial charge >= 0.3 is 0 Å². The summed E-state index contributed by atoms with van der Waals surface area (Å²) < 4.78 is 1.98. The van der Waals surface area contributed by atoms with E-state index in [1.54, 1.807) is 0 Å². The van der Waals surface area contributed by atoms with Crippen LogP contribution >= 0.6 is 0 Å². The van der Waals surface area contributed by atoms with Crippen LogP contribution in [-0.4, -0.2) is 33.7 Å². The molecule has 0 bridgehead atoms. The lowest BCUT2D eigenvalue weighted by molar-refractivity contribution is 0.742. The fourth-order valence-corrected chi connectivity index (χ4v) is 3.64. The molecule has 0 unspecified atom stereocenters. The van der Waals surface area contributed by atoms with Gasteiger partial charge in [0.2, 0.25) is 0 Å². The number of nitrogens with one attached hydrogen (secondary N) is 1. The number of hydrogen-bond acceptors (Lipinski definition) is 4. The van der Waals surface area contributed by atoms with Crippen LogP contribution in [-0.2, 0) is 0 Å². The summed E-state index contributed by atoms with van der Waals surface area (Å²) in [6.45, 7) is 1.72. The summed E-state index contributed by atoms with van der Waals surface area (Å²) in [7, 11) is 0. The zero-order chi connectivity index (χ0) is 19.5. The van der Waals surface area contributed by atoms with Crippen LogP contribution in [0.1, 0.15) is 12.0 Å². The third kappa shape index (κ3) is 3.31. The second-order valence-corrected chi connectivity index (χ2v) is 6.91.